The lowest BCUT2D eigenvalue weighted by Crippen LogP contribution is -2.40. The quantitative estimate of drug-likeness (QED) is 0.671. The van der Waals surface area contributed by atoms with Crippen LogP contribution < -0.4 is 15.6 Å². The fraction of sp³-hybridized carbons (Fsp3) is 0.158. The molecule has 2 aromatic rings. The Morgan fingerprint density at radius 2 is 1.62 bits per heavy atom. The zero-order valence-corrected chi connectivity index (χ0v) is 13.9. The van der Waals surface area contributed by atoms with Crippen molar-refractivity contribution >= 4 is 17.9 Å². The summed E-state index contributed by atoms with van der Waals surface area (Å²) < 4.78 is 5.25. The maximum Gasteiger partial charge on any atom is 0.269 e. The van der Waals surface area contributed by atoms with Crippen LogP contribution in [0, 0.1) is 13.8 Å². The molecular formula is C19H20N2O3. The second kappa shape index (κ2) is 7.97. The van der Waals surface area contributed by atoms with Crippen LogP contribution in [-0.2, 0) is 4.79 Å². The van der Waals surface area contributed by atoms with Crippen LogP contribution in [-0.4, -0.2) is 18.9 Å². The third-order valence-electron chi connectivity index (χ3n) is 3.41. The number of aryl methyl sites for hydroxylation is 2. The molecule has 0 unspecified atom stereocenters. The van der Waals surface area contributed by atoms with Gasteiger partial charge in [-0.2, -0.15) is 0 Å². The molecule has 0 bridgehead atoms. The SMILES string of the molecule is COc1ccc(C)cc1/C=C/C(=O)NNC(=O)c1ccc(C)cc1. The standard InChI is InChI=1S/C19H20N2O3/c1-13-4-7-15(8-5-13)19(23)21-20-18(22)11-9-16-12-14(2)6-10-17(16)24-3/h4-12H,1-3H3,(H,20,22)(H,21,23)/b11-9+. The minimum Gasteiger partial charge on any atom is -0.496 e. The van der Waals surface area contributed by atoms with E-state index >= 15 is 0 Å². The Morgan fingerprint density at radius 3 is 2.29 bits per heavy atom. The van der Waals surface area contributed by atoms with E-state index in [-0.39, 0.29) is 5.91 Å². The molecule has 0 aliphatic rings. The molecule has 24 heavy (non-hydrogen) atoms. The summed E-state index contributed by atoms with van der Waals surface area (Å²) in [5.41, 5.74) is 8.11. The first kappa shape index (κ1) is 17.3. The highest BCUT2D eigenvalue weighted by Crippen LogP contribution is 2.20. The monoisotopic (exact) mass is 324 g/mol. The average molecular weight is 324 g/mol. The second-order valence-corrected chi connectivity index (χ2v) is 5.39. The lowest BCUT2D eigenvalue weighted by molar-refractivity contribution is -0.117. The first-order valence-electron chi connectivity index (χ1n) is 7.49. The summed E-state index contributed by atoms with van der Waals surface area (Å²) >= 11 is 0. The minimum absolute atomic E-state index is 0.370. The molecule has 0 saturated carbocycles. The van der Waals surface area contributed by atoms with Gasteiger partial charge in [-0.3, -0.25) is 20.4 Å². The van der Waals surface area contributed by atoms with Crippen molar-refractivity contribution in [3.63, 3.8) is 0 Å². The van der Waals surface area contributed by atoms with Gasteiger partial charge in [-0.15, -0.1) is 0 Å². The van der Waals surface area contributed by atoms with E-state index < -0.39 is 5.91 Å². The number of methoxy groups -OCH3 is 1. The van der Waals surface area contributed by atoms with E-state index in [2.05, 4.69) is 10.9 Å². The largest absolute Gasteiger partial charge is 0.496 e. The van der Waals surface area contributed by atoms with Crippen molar-refractivity contribution in [1.82, 2.24) is 10.9 Å². The molecule has 0 atom stereocenters. The van der Waals surface area contributed by atoms with E-state index in [0.29, 0.717) is 11.3 Å². The Kier molecular flexibility index (Phi) is 5.73. The van der Waals surface area contributed by atoms with Gasteiger partial charge in [-0.05, 0) is 44.2 Å². The summed E-state index contributed by atoms with van der Waals surface area (Å²) in [5.74, 6) is -0.128. The van der Waals surface area contributed by atoms with Gasteiger partial charge in [0.05, 0.1) is 7.11 Å². The molecule has 0 aromatic heterocycles. The molecule has 2 amide bonds. The van der Waals surface area contributed by atoms with Crippen molar-refractivity contribution in [3.8, 4) is 5.75 Å². The van der Waals surface area contributed by atoms with Crippen molar-refractivity contribution in [1.29, 1.82) is 0 Å². The van der Waals surface area contributed by atoms with Gasteiger partial charge in [0.15, 0.2) is 0 Å². The molecule has 2 aromatic carbocycles. The maximum atomic E-state index is 11.9. The molecule has 0 spiro atoms. The summed E-state index contributed by atoms with van der Waals surface area (Å²) in [6.07, 6.45) is 2.98. The van der Waals surface area contributed by atoms with Gasteiger partial charge in [-0.1, -0.05) is 29.3 Å². The van der Waals surface area contributed by atoms with Gasteiger partial charge in [0.25, 0.3) is 11.8 Å². The van der Waals surface area contributed by atoms with E-state index in [1.54, 1.807) is 25.3 Å². The molecule has 0 radical (unpaired) electrons. The molecule has 0 fully saturated rings. The Labute approximate surface area is 141 Å². The zero-order valence-electron chi connectivity index (χ0n) is 13.9. The number of carbonyl (C=O) groups is 2. The van der Waals surface area contributed by atoms with Crippen molar-refractivity contribution in [2.24, 2.45) is 0 Å². The normalized spacial score (nSPS) is 10.5. The Hall–Kier alpha value is -3.08. The van der Waals surface area contributed by atoms with Crippen LogP contribution in [0.15, 0.2) is 48.5 Å². The van der Waals surface area contributed by atoms with Gasteiger partial charge in [0, 0.05) is 17.2 Å². The first-order chi connectivity index (χ1) is 11.5. The summed E-state index contributed by atoms with van der Waals surface area (Å²) in [5, 5.41) is 0. The smallest absolute Gasteiger partial charge is 0.269 e. The highest BCUT2D eigenvalue weighted by atomic mass is 16.5. The fourth-order valence-electron chi connectivity index (χ4n) is 2.09. The summed E-state index contributed by atoms with van der Waals surface area (Å²) in [7, 11) is 1.57. The maximum absolute atomic E-state index is 11.9. The zero-order chi connectivity index (χ0) is 17.5. The van der Waals surface area contributed by atoms with E-state index in [0.717, 1.165) is 16.7 Å². The molecule has 0 aliphatic carbocycles. The van der Waals surface area contributed by atoms with Crippen LogP contribution in [0.2, 0.25) is 0 Å². The van der Waals surface area contributed by atoms with Gasteiger partial charge < -0.3 is 4.74 Å². The van der Waals surface area contributed by atoms with Crippen LogP contribution >= 0.6 is 0 Å². The molecule has 5 heteroatoms. The average Bonchev–Trinajstić information content (AvgIpc) is 2.58. The van der Waals surface area contributed by atoms with Crippen LogP contribution in [0.5, 0.6) is 5.75 Å². The van der Waals surface area contributed by atoms with Crippen LogP contribution in [0.1, 0.15) is 27.0 Å². The number of hydrazine groups is 1. The van der Waals surface area contributed by atoms with Crippen LogP contribution in [0.3, 0.4) is 0 Å². The van der Waals surface area contributed by atoms with Crippen molar-refractivity contribution in [3.05, 3.63) is 70.8 Å². The lowest BCUT2D eigenvalue weighted by atomic mass is 10.1. The molecule has 0 heterocycles. The van der Waals surface area contributed by atoms with Gasteiger partial charge in [0.2, 0.25) is 0 Å². The second-order valence-electron chi connectivity index (χ2n) is 5.39. The lowest BCUT2D eigenvalue weighted by Gasteiger charge is -2.07. The summed E-state index contributed by atoms with van der Waals surface area (Å²) in [6, 6.07) is 12.7. The fourth-order valence-corrected chi connectivity index (χ4v) is 2.09. The number of hydrogen-bond acceptors (Lipinski definition) is 3. The number of amides is 2. The van der Waals surface area contributed by atoms with Crippen molar-refractivity contribution in [2.45, 2.75) is 13.8 Å². The highest BCUT2D eigenvalue weighted by molar-refractivity contribution is 5.98. The predicted octanol–water partition coefficient (Wildman–Crippen LogP) is 2.79. The van der Waals surface area contributed by atoms with Crippen LogP contribution in [0.25, 0.3) is 6.08 Å². The summed E-state index contributed by atoms with van der Waals surface area (Å²) in [6.45, 7) is 3.90. The third kappa shape index (κ3) is 4.71. The number of benzene rings is 2. The van der Waals surface area contributed by atoms with Crippen molar-refractivity contribution in [2.75, 3.05) is 7.11 Å². The van der Waals surface area contributed by atoms with Gasteiger partial charge in [0.1, 0.15) is 5.75 Å². The topological polar surface area (TPSA) is 67.4 Å². The minimum atomic E-state index is -0.431. The van der Waals surface area contributed by atoms with Gasteiger partial charge in [-0.25, -0.2) is 0 Å². The highest BCUT2D eigenvalue weighted by Gasteiger charge is 2.06. The molecule has 124 valence electrons. The van der Waals surface area contributed by atoms with Crippen molar-refractivity contribution < 1.29 is 14.3 Å². The Balaban J connectivity index is 1.94. The predicted molar refractivity (Wildman–Crippen MR) is 93.6 cm³/mol. The Bertz CT molecular complexity index is 765. The molecule has 2 rings (SSSR count). The number of rotatable bonds is 4. The van der Waals surface area contributed by atoms with E-state index in [4.69, 9.17) is 4.74 Å². The Morgan fingerprint density at radius 1 is 0.958 bits per heavy atom. The number of carbonyl (C=O) groups excluding carboxylic acids is 2. The van der Waals surface area contributed by atoms with E-state index in [1.165, 1.54) is 6.08 Å². The number of hydrogen-bond donors (Lipinski definition) is 2. The van der Waals surface area contributed by atoms with Gasteiger partial charge >= 0.3 is 0 Å². The molecule has 0 aliphatic heterocycles. The third-order valence-corrected chi connectivity index (χ3v) is 3.41. The summed E-state index contributed by atoms with van der Waals surface area (Å²) in [4.78, 5) is 23.7. The van der Waals surface area contributed by atoms with Crippen LogP contribution in [0.4, 0.5) is 0 Å². The molecule has 0 saturated heterocycles. The van der Waals surface area contributed by atoms with E-state index in [1.807, 2.05) is 44.2 Å². The van der Waals surface area contributed by atoms with E-state index in [9.17, 15) is 9.59 Å². The number of ether oxygens (including phenoxy) is 1. The first-order valence-corrected chi connectivity index (χ1v) is 7.49. The molecule has 2 N–H and O–H groups in total. The number of nitrogens with one attached hydrogen (secondary N) is 2. The molecule has 5 nitrogen and oxygen atoms in total. The molecular weight excluding hydrogens is 304 g/mol.